The van der Waals surface area contributed by atoms with Gasteiger partial charge in [-0.25, -0.2) is 4.79 Å². The lowest BCUT2D eigenvalue weighted by Crippen LogP contribution is -2.08. The van der Waals surface area contributed by atoms with Gasteiger partial charge in [0.1, 0.15) is 0 Å². The van der Waals surface area contributed by atoms with Crippen LogP contribution in [0.4, 0.5) is 0 Å². The van der Waals surface area contributed by atoms with Gasteiger partial charge < -0.3 is 4.42 Å². The summed E-state index contributed by atoms with van der Waals surface area (Å²) in [5, 5.41) is -0.0236. The highest BCUT2D eigenvalue weighted by Crippen LogP contribution is 2.35. The first-order chi connectivity index (χ1) is 9.15. The van der Waals surface area contributed by atoms with E-state index in [1.807, 2.05) is 18.2 Å². The van der Waals surface area contributed by atoms with Crippen LogP contribution >= 0.6 is 11.6 Å². The van der Waals surface area contributed by atoms with Gasteiger partial charge in [0.25, 0.3) is 0 Å². The van der Waals surface area contributed by atoms with Crippen molar-refractivity contribution < 1.29 is 4.42 Å². The average Bonchev–Trinajstić information content (AvgIpc) is 2.76. The normalized spacial score (nSPS) is 13.3. The molecule has 1 atom stereocenters. The smallest absolute Gasteiger partial charge is 0.408 e. The lowest BCUT2D eigenvalue weighted by atomic mass is 9.90. The molecular formula is C15H20ClNO2. The van der Waals surface area contributed by atoms with Gasteiger partial charge in [0.15, 0.2) is 5.58 Å². The van der Waals surface area contributed by atoms with Gasteiger partial charge in [-0.05, 0) is 36.5 Å². The Hall–Kier alpha value is -1.22. The van der Waals surface area contributed by atoms with Gasteiger partial charge in [-0.2, -0.15) is 0 Å². The summed E-state index contributed by atoms with van der Waals surface area (Å²) in [5.74, 6) is 0.0525. The number of oxazole rings is 1. The zero-order chi connectivity index (χ0) is 13.8. The van der Waals surface area contributed by atoms with Crippen LogP contribution < -0.4 is 5.76 Å². The van der Waals surface area contributed by atoms with Gasteiger partial charge in [-0.3, -0.25) is 4.98 Å². The number of benzene rings is 1. The molecule has 1 unspecified atom stereocenters. The van der Waals surface area contributed by atoms with Crippen molar-refractivity contribution in [2.75, 3.05) is 0 Å². The number of hydrogen-bond acceptors (Lipinski definition) is 2. The highest BCUT2D eigenvalue weighted by molar-refractivity contribution is 6.21. The maximum absolute atomic E-state index is 11.2. The van der Waals surface area contributed by atoms with Gasteiger partial charge in [0.2, 0.25) is 0 Å². The summed E-state index contributed by atoms with van der Waals surface area (Å²) in [5.41, 5.74) is 2.34. The SMILES string of the molecule is CCCC(CCC)C(Cl)c1ccc2[nH]c(=O)oc2c1. The van der Waals surface area contributed by atoms with Gasteiger partial charge >= 0.3 is 5.76 Å². The van der Waals surface area contributed by atoms with E-state index in [9.17, 15) is 4.79 Å². The largest absolute Gasteiger partial charge is 0.417 e. The number of alkyl halides is 1. The molecule has 1 heterocycles. The van der Waals surface area contributed by atoms with E-state index >= 15 is 0 Å². The van der Waals surface area contributed by atoms with Gasteiger partial charge in [0.05, 0.1) is 10.9 Å². The second-order valence-electron chi connectivity index (χ2n) is 5.01. The third kappa shape index (κ3) is 3.21. The summed E-state index contributed by atoms with van der Waals surface area (Å²) >= 11 is 6.61. The molecule has 4 heteroatoms. The number of aromatic nitrogens is 1. The monoisotopic (exact) mass is 281 g/mol. The molecule has 2 aromatic rings. The fraction of sp³-hybridized carbons (Fsp3) is 0.533. The molecule has 0 aliphatic rings. The van der Waals surface area contributed by atoms with E-state index in [0.717, 1.165) is 36.8 Å². The Balaban J connectivity index is 2.28. The molecule has 0 radical (unpaired) electrons. The van der Waals surface area contributed by atoms with E-state index in [4.69, 9.17) is 16.0 Å². The minimum atomic E-state index is -0.420. The van der Waals surface area contributed by atoms with Crippen LogP contribution in [0.2, 0.25) is 0 Å². The average molecular weight is 282 g/mol. The Morgan fingerprint density at radius 3 is 2.58 bits per heavy atom. The Kier molecular flexibility index (Phi) is 4.70. The summed E-state index contributed by atoms with van der Waals surface area (Å²) in [6, 6.07) is 5.72. The van der Waals surface area contributed by atoms with E-state index in [-0.39, 0.29) is 5.38 Å². The molecular weight excluding hydrogens is 262 g/mol. The minimum absolute atomic E-state index is 0.0236. The lowest BCUT2D eigenvalue weighted by Gasteiger charge is -2.21. The maximum atomic E-state index is 11.2. The molecule has 1 aromatic carbocycles. The first kappa shape index (κ1) is 14.2. The van der Waals surface area contributed by atoms with E-state index in [2.05, 4.69) is 18.8 Å². The first-order valence-electron chi connectivity index (χ1n) is 6.92. The van der Waals surface area contributed by atoms with Crippen LogP contribution in [0.15, 0.2) is 27.4 Å². The summed E-state index contributed by atoms with van der Waals surface area (Å²) in [6.07, 6.45) is 4.51. The number of rotatable bonds is 6. The summed E-state index contributed by atoms with van der Waals surface area (Å²) in [6.45, 7) is 4.36. The lowest BCUT2D eigenvalue weighted by molar-refractivity contribution is 0.426. The second kappa shape index (κ2) is 6.29. The highest BCUT2D eigenvalue weighted by Gasteiger charge is 2.20. The number of aromatic amines is 1. The fourth-order valence-corrected chi connectivity index (χ4v) is 2.97. The molecule has 0 aliphatic heterocycles. The quantitative estimate of drug-likeness (QED) is 0.786. The zero-order valence-electron chi connectivity index (χ0n) is 11.4. The number of nitrogens with one attached hydrogen (secondary N) is 1. The van der Waals surface area contributed by atoms with Crippen molar-refractivity contribution in [1.82, 2.24) is 4.98 Å². The number of H-pyrrole nitrogens is 1. The van der Waals surface area contributed by atoms with E-state index in [1.165, 1.54) is 0 Å². The van der Waals surface area contributed by atoms with Crippen LogP contribution in [-0.4, -0.2) is 4.98 Å². The second-order valence-corrected chi connectivity index (χ2v) is 5.48. The molecule has 19 heavy (non-hydrogen) atoms. The third-order valence-corrected chi connectivity index (χ3v) is 4.10. The van der Waals surface area contributed by atoms with E-state index in [1.54, 1.807) is 0 Å². The fourth-order valence-electron chi connectivity index (χ4n) is 2.58. The molecule has 1 N–H and O–H groups in total. The first-order valence-corrected chi connectivity index (χ1v) is 7.36. The van der Waals surface area contributed by atoms with Crippen LogP contribution in [0, 0.1) is 5.92 Å². The Labute approximate surface area is 118 Å². The van der Waals surface area contributed by atoms with Crippen molar-refractivity contribution in [2.45, 2.75) is 44.9 Å². The van der Waals surface area contributed by atoms with E-state index < -0.39 is 5.76 Å². The van der Waals surface area contributed by atoms with E-state index in [0.29, 0.717) is 11.5 Å². The molecule has 0 saturated heterocycles. The van der Waals surface area contributed by atoms with Crippen LogP contribution in [-0.2, 0) is 0 Å². The number of fused-ring (bicyclic) bond motifs is 1. The molecule has 0 saturated carbocycles. The van der Waals surface area contributed by atoms with Crippen molar-refractivity contribution in [2.24, 2.45) is 5.92 Å². The zero-order valence-corrected chi connectivity index (χ0v) is 12.2. The summed E-state index contributed by atoms with van der Waals surface area (Å²) in [4.78, 5) is 13.8. The summed E-state index contributed by atoms with van der Waals surface area (Å²) < 4.78 is 5.09. The molecule has 0 spiro atoms. The molecule has 2 rings (SSSR count). The minimum Gasteiger partial charge on any atom is -0.408 e. The van der Waals surface area contributed by atoms with Crippen molar-refractivity contribution in [1.29, 1.82) is 0 Å². The molecule has 104 valence electrons. The molecule has 1 aromatic heterocycles. The molecule has 0 amide bonds. The Morgan fingerprint density at radius 1 is 1.26 bits per heavy atom. The predicted molar refractivity (Wildman–Crippen MR) is 78.7 cm³/mol. The maximum Gasteiger partial charge on any atom is 0.417 e. The van der Waals surface area contributed by atoms with Gasteiger partial charge in [0, 0.05) is 0 Å². The predicted octanol–water partition coefficient (Wildman–Crippen LogP) is 4.62. The third-order valence-electron chi connectivity index (χ3n) is 3.50. The molecule has 0 bridgehead atoms. The Bertz CT molecular complexity index is 581. The van der Waals surface area contributed by atoms with Crippen LogP contribution in [0.25, 0.3) is 11.1 Å². The highest BCUT2D eigenvalue weighted by atomic mass is 35.5. The molecule has 0 fully saturated rings. The summed E-state index contributed by atoms with van der Waals surface area (Å²) in [7, 11) is 0. The van der Waals surface area contributed by atoms with Crippen molar-refractivity contribution in [3.05, 3.63) is 34.3 Å². The van der Waals surface area contributed by atoms with Crippen molar-refractivity contribution in [3.63, 3.8) is 0 Å². The molecule has 3 nitrogen and oxygen atoms in total. The van der Waals surface area contributed by atoms with Crippen molar-refractivity contribution >= 4 is 22.7 Å². The van der Waals surface area contributed by atoms with Gasteiger partial charge in [-0.15, -0.1) is 11.6 Å². The van der Waals surface area contributed by atoms with Crippen molar-refractivity contribution in [3.8, 4) is 0 Å². The molecule has 0 aliphatic carbocycles. The van der Waals surface area contributed by atoms with Crippen LogP contribution in [0.1, 0.15) is 50.5 Å². The number of halogens is 1. The topological polar surface area (TPSA) is 46.0 Å². The van der Waals surface area contributed by atoms with Crippen LogP contribution in [0.3, 0.4) is 0 Å². The standard InChI is InChI=1S/C15H20ClNO2/c1-3-5-10(6-4-2)14(16)11-7-8-12-13(9-11)19-15(18)17-12/h7-10,14H,3-6H2,1-2H3,(H,17,18). The van der Waals surface area contributed by atoms with Gasteiger partial charge in [-0.1, -0.05) is 32.8 Å². The number of hydrogen-bond donors (Lipinski definition) is 1. The van der Waals surface area contributed by atoms with Crippen LogP contribution in [0.5, 0.6) is 0 Å². The Morgan fingerprint density at radius 2 is 1.95 bits per heavy atom.